The predicted molar refractivity (Wildman–Crippen MR) is 126 cm³/mol. The molecule has 4 atom stereocenters. The normalized spacial score (nSPS) is 24.5. The van der Waals surface area contributed by atoms with Crippen LogP contribution in [-0.2, 0) is 30.4 Å². The highest BCUT2D eigenvalue weighted by molar-refractivity contribution is 5.88. The molecule has 1 heterocycles. The van der Waals surface area contributed by atoms with Gasteiger partial charge >= 0.3 is 18.2 Å². The molecule has 35 heavy (non-hydrogen) atoms. The smallest absolute Gasteiger partial charge is 0.408 e. The minimum absolute atomic E-state index is 0.108. The lowest BCUT2D eigenvalue weighted by Crippen LogP contribution is -2.53. The van der Waals surface area contributed by atoms with Crippen LogP contribution >= 0.6 is 0 Å². The van der Waals surface area contributed by atoms with Crippen LogP contribution in [-0.4, -0.2) is 66.3 Å². The molecule has 1 saturated heterocycles. The monoisotopic (exact) mass is 489 g/mol. The first-order valence-corrected chi connectivity index (χ1v) is 11.9. The standard InChI is InChI=1S/C25H35N3O7/c1-25(2,3)35-24(32)26-17-10-11-20(18(14-17)22(30)33-4)28-13-12-19(21(28)29)27-23(31)34-15-16-8-6-5-7-9-16/h5-9,17-20H,10-15H2,1-4H3,(H,26,32)(H,27,31)/t17-,18+,19?,20+/m1/s1. The van der Waals surface area contributed by atoms with Gasteiger partial charge in [0.25, 0.3) is 0 Å². The fourth-order valence-corrected chi connectivity index (χ4v) is 4.61. The van der Waals surface area contributed by atoms with E-state index in [1.165, 1.54) is 7.11 Å². The number of esters is 1. The molecule has 1 aliphatic heterocycles. The summed E-state index contributed by atoms with van der Waals surface area (Å²) in [6, 6.07) is 7.90. The molecule has 10 heteroatoms. The van der Waals surface area contributed by atoms with Crippen molar-refractivity contribution >= 4 is 24.1 Å². The van der Waals surface area contributed by atoms with E-state index < -0.39 is 35.7 Å². The molecule has 2 aliphatic rings. The van der Waals surface area contributed by atoms with Gasteiger partial charge in [-0.05, 0) is 52.0 Å². The number of alkyl carbamates (subject to hydrolysis) is 2. The molecule has 2 N–H and O–H groups in total. The van der Waals surface area contributed by atoms with Crippen LogP contribution in [0.5, 0.6) is 0 Å². The fourth-order valence-electron chi connectivity index (χ4n) is 4.61. The number of methoxy groups -OCH3 is 1. The summed E-state index contributed by atoms with van der Waals surface area (Å²) in [5, 5.41) is 5.46. The Balaban J connectivity index is 1.56. The summed E-state index contributed by atoms with van der Waals surface area (Å²) in [6.45, 7) is 5.85. The summed E-state index contributed by atoms with van der Waals surface area (Å²) in [6.07, 6.45) is 0.639. The Bertz CT molecular complexity index is 915. The number of nitrogens with zero attached hydrogens (tertiary/aromatic N) is 1. The van der Waals surface area contributed by atoms with Gasteiger partial charge in [-0.1, -0.05) is 30.3 Å². The number of amides is 3. The Kier molecular flexibility index (Phi) is 8.58. The number of hydrogen-bond acceptors (Lipinski definition) is 7. The molecule has 10 nitrogen and oxygen atoms in total. The minimum atomic E-state index is -0.714. The average molecular weight is 490 g/mol. The Hall–Kier alpha value is -3.30. The highest BCUT2D eigenvalue weighted by atomic mass is 16.6. The van der Waals surface area contributed by atoms with E-state index in [9.17, 15) is 19.2 Å². The maximum atomic E-state index is 13.1. The summed E-state index contributed by atoms with van der Waals surface area (Å²) < 4.78 is 15.6. The first-order chi connectivity index (χ1) is 16.6. The molecular weight excluding hydrogens is 454 g/mol. The lowest BCUT2D eigenvalue weighted by atomic mass is 9.80. The van der Waals surface area contributed by atoms with E-state index in [0.29, 0.717) is 32.2 Å². The summed E-state index contributed by atoms with van der Waals surface area (Å²) >= 11 is 0. The van der Waals surface area contributed by atoms with Gasteiger partial charge in [-0.3, -0.25) is 9.59 Å². The number of nitrogens with one attached hydrogen (secondary N) is 2. The van der Waals surface area contributed by atoms with Gasteiger partial charge < -0.3 is 29.7 Å². The van der Waals surface area contributed by atoms with Crippen LogP contribution in [0.1, 0.15) is 52.0 Å². The van der Waals surface area contributed by atoms with E-state index in [0.717, 1.165) is 5.56 Å². The van der Waals surface area contributed by atoms with Crippen molar-refractivity contribution in [3.63, 3.8) is 0 Å². The summed E-state index contributed by atoms with van der Waals surface area (Å²) in [7, 11) is 1.31. The molecule has 2 fully saturated rings. The van der Waals surface area contributed by atoms with Gasteiger partial charge in [-0.15, -0.1) is 0 Å². The molecule has 0 aromatic heterocycles. The fraction of sp³-hybridized carbons (Fsp3) is 0.600. The Morgan fingerprint density at radius 3 is 2.40 bits per heavy atom. The van der Waals surface area contributed by atoms with Gasteiger partial charge in [0, 0.05) is 18.6 Å². The topological polar surface area (TPSA) is 123 Å². The summed E-state index contributed by atoms with van der Waals surface area (Å²) in [5.74, 6) is -1.28. The molecule has 3 amide bonds. The van der Waals surface area contributed by atoms with Gasteiger partial charge in [-0.25, -0.2) is 9.59 Å². The average Bonchev–Trinajstić information content (AvgIpc) is 3.16. The molecule has 1 aromatic rings. The number of carbonyl (C=O) groups excluding carboxylic acids is 4. The molecular formula is C25H35N3O7. The van der Waals surface area contributed by atoms with Gasteiger partial charge in [0.1, 0.15) is 18.2 Å². The number of rotatable bonds is 6. The maximum absolute atomic E-state index is 13.1. The molecule has 1 unspecified atom stereocenters. The summed E-state index contributed by atoms with van der Waals surface area (Å²) in [5.41, 5.74) is 0.217. The van der Waals surface area contributed by atoms with Crippen LogP contribution in [0.2, 0.25) is 0 Å². The van der Waals surface area contributed by atoms with Crippen LogP contribution in [0.15, 0.2) is 30.3 Å². The lowest BCUT2D eigenvalue weighted by molar-refractivity contribution is -0.151. The predicted octanol–water partition coefficient (Wildman–Crippen LogP) is 2.75. The second-order valence-electron chi connectivity index (χ2n) is 9.93. The van der Waals surface area contributed by atoms with Gasteiger partial charge in [-0.2, -0.15) is 0 Å². The van der Waals surface area contributed by atoms with Crippen molar-refractivity contribution < 1.29 is 33.4 Å². The number of likely N-dealkylation sites (tertiary alicyclic amines) is 1. The largest absolute Gasteiger partial charge is 0.469 e. The first-order valence-electron chi connectivity index (χ1n) is 11.9. The van der Waals surface area contributed by atoms with Crippen LogP contribution < -0.4 is 10.6 Å². The molecule has 0 spiro atoms. The Morgan fingerprint density at radius 2 is 1.74 bits per heavy atom. The van der Waals surface area contributed by atoms with Gasteiger partial charge in [0.15, 0.2) is 0 Å². The van der Waals surface area contributed by atoms with Crippen molar-refractivity contribution in [1.82, 2.24) is 15.5 Å². The summed E-state index contributed by atoms with van der Waals surface area (Å²) in [4.78, 5) is 51.8. The lowest BCUT2D eigenvalue weighted by Gasteiger charge is -2.39. The van der Waals surface area contributed by atoms with Crippen LogP contribution in [0, 0.1) is 5.92 Å². The Labute approximate surface area is 205 Å². The van der Waals surface area contributed by atoms with E-state index >= 15 is 0 Å². The molecule has 0 bridgehead atoms. The third kappa shape index (κ3) is 7.34. The molecule has 1 aliphatic carbocycles. The first kappa shape index (κ1) is 26.3. The zero-order chi connectivity index (χ0) is 25.6. The van der Waals surface area contributed by atoms with Crippen molar-refractivity contribution in [3.05, 3.63) is 35.9 Å². The van der Waals surface area contributed by atoms with Crippen LogP contribution in [0.3, 0.4) is 0 Å². The van der Waals surface area contributed by atoms with Crippen molar-refractivity contribution in [3.8, 4) is 0 Å². The zero-order valence-electron chi connectivity index (χ0n) is 20.7. The van der Waals surface area contributed by atoms with Crippen molar-refractivity contribution in [2.24, 2.45) is 5.92 Å². The van der Waals surface area contributed by atoms with Gasteiger partial charge in [0.05, 0.1) is 13.0 Å². The second kappa shape index (κ2) is 11.4. The van der Waals surface area contributed by atoms with Crippen molar-refractivity contribution in [1.29, 1.82) is 0 Å². The van der Waals surface area contributed by atoms with Crippen molar-refractivity contribution in [2.45, 2.75) is 76.8 Å². The highest BCUT2D eigenvalue weighted by Crippen LogP contribution is 2.32. The molecule has 3 rings (SSSR count). The maximum Gasteiger partial charge on any atom is 0.408 e. The van der Waals surface area contributed by atoms with E-state index in [4.69, 9.17) is 14.2 Å². The molecule has 0 radical (unpaired) electrons. The SMILES string of the molecule is COC(=O)[C@H]1C[C@H](NC(=O)OC(C)(C)C)CC[C@@H]1N1CCC(NC(=O)OCc2ccccc2)C1=O. The van der Waals surface area contributed by atoms with Crippen molar-refractivity contribution in [2.75, 3.05) is 13.7 Å². The molecule has 192 valence electrons. The number of carbonyl (C=O) groups is 4. The highest BCUT2D eigenvalue weighted by Gasteiger charge is 2.45. The quantitative estimate of drug-likeness (QED) is 0.465. The zero-order valence-corrected chi connectivity index (χ0v) is 20.7. The second-order valence-corrected chi connectivity index (χ2v) is 9.93. The number of hydrogen-bond donors (Lipinski definition) is 2. The number of benzene rings is 1. The van der Waals surface area contributed by atoms with Crippen LogP contribution in [0.4, 0.5) is 9.59 Å². The van der Waals surface area contributed by atoms with Gasteiger partial charge in [0.2, 0.25) is 5.91 Å². The molecule has 1 saturated carbocycles. The van der Waals surface area contributed by atoms with E-state index in [1.807, 2.05) is 30.3 Å². The third-order valence-electron chi connectivity index (χ3n) is 6.18. The molecule has 1 aromatic carbocycles. The minimum Gasteiger partial charge on any atom is -0.469 e. The Morgan fingerprint density at radius 1 is 1.03 bits per heavy atom. The van der Waals surface area contributed by atoms with E-state index in [1.54, 1.807) is 25.7 Å². The number of ether oxygens (including phenoxy) is 3. The van der Waals surface area contributed by atoms with E-state index in [2.05, 4.69) is 10.6 Å². The third-order valence-corrected chi connectivity index (χ3v) is 6.18. The van der Waals surface area contributed by atoms with E-state index in [-0.39, 0.29) is 24.6 Å². The van der Waals surface area contributed by atoms with Crippen LogP contribution in [0.25, 0.3) is 0 Å².